The molecule has 1 saturated carbocycles. The first-order valence-corrected chi connectivity index (χ1v) is 14.1. The summed E-state index contributed by atoms with van der Waals surface area (Å²) in [4.78, 5) is 34.1. The second-order valence-electron chi connectivity index (χ2n) is 10.5. The summed E-state index contributed by atoms with van der Waals surface area (Å²) < 4.78 is 0. The molecule has 2 amide bonds. The van der Waals surface area contributed by atoms with Crippen LogP contribution in [0.2, 0.25) is 0 Å². The first-order chi connectivity index (χ1) is 17.4. The Morgan fingerprint density at radius 1 is 0.944 bits per heavy atom. The molecule has 2 unspecified atom stereocenters. The minimum atomic E-state index is 0.0195. The molecule has 2 aromatic rings. The maximum absolute atomic E-state index is 13.6. The van der Waals surface area contributed by atoms with E-state index in [1.165, 1.54) is 28.8 Å². The van der Waals surface area contributed by atoms with E-state index in [1.807, 2.05) is 15.9 Å². The number of rotatable bonds is 4. The van der Waals surface area contributed by atoms with E-state index in [4.69, 9.17) is 0 Å². The van der Waals surface area contributed by atoms with Crippen LogP contribution in [0.5, 0.6) is 0 Å². The summed E-state index contributed by atoms with van der Waals surface area (Å²) in [7, 11) is 0. The lowest BCUT2D eigenvalue weighted by Gasteiger charge is -2.45. The van der Waals surface area contributed by atoms with E-state index in [0.29, 0.717) is 18.3 Å². The topological polar surface area (TPSA) is 43.9 Å². The lowest BCUT2D eigenvalue weighted by Crippen LogP contribution is -2.57. The molecule has 6 heteroatoms. The van der Waals surface area contributed by atoms with Crippen LogP contribution in [0.3, 0.4) is 0 Å². The van der Waals surface area contributed by atoms with E-state index < -0.39 is 0 Å². The monoisotopic (exact) mass is 503 g/mol. The standard InChI is InChI=1S/C30H37N3O2S/c1-21-9-12-24(13-10-21)19-28-30(35)33(25-6-4-5-7-27(25)36-28)20-29(34)32-16-14-31(15-17-32)26-18-22(2)8-11-23(26)3/h8-13,18-19,25,27H,4-7,14-17,20H2,1-3H3/b28-19+. The van der Waals surface area contributed by atoms with Crippen molar-refractivity contribution >= 4 is 35.3 Å². The van der Waals surface area contributed by atoms with E-state index in [-0.39, 0.29) is 24.4 Å². The van der Waals surface area contributed by atoms with Gasteiger partial charge in [-0.1, -0.05) is 54.8 Å². The minimum Gasteiger partial charge on any atom is -0.368 e. The van der Waals surface area contributed by atoms with Gasteiger partial charge >= 0.3 is 0 Å². The molecular formula is C30H37N3O2S. The summed E-state index contributed by atoms with van der Waals surface area (Å²) in [5, 5.41) is 0.377. The number of piperazine rings is 1. The Balaban J connectivity index is 1.28. The van der Waals surface area contributed by atoms with Crippen molar-refractivity contribution in [2.24, 2.45) is 0 Å². The normalized spacial score (nSPS) is 23.7. The van der Waals surface area contributed by atoms with Gasteiger partial charge in [0.05, 0.1) is 4.91 Å². The van der Waals surface area contributed by atoms with Gasteiger partial charge in [-0.25, -0.2) is 0 Å². The highest BCUT2D eigenvalue weighted by atomic mass is 32.2. The zero-order valence-electron chi connectivity index (χ0n) is 21.7. The predicted molar refractivity (Wildman–Crippen MR) is 149 cm³/mol. The Kier molecular flexibility index (Phi) is 7.42. The second kappa shape index (κ2) is 10.7. The van der Waals surface area contributed by atoms with Gasteiger partial charge in [0, 0.05) is 43.2 Å². The molecule has 0 spiro atoms. The molecule has 5 rings (SSSR count). The molecule has 2 heterocycles. The van der Waals surface area contributed by atoms with Crippen LogP contribution in [0.15, 0.2) is 47.4 Å². The Bertz CT molecular complexity index is 1150. The summed E-state index contributed by atoms with van der Waals surface area (Å²) in [6.45, 7) is 9.57. The first-order valence-electron chi connectivity index (χ1n) is 13.2. The zero-order chi connectivity index (χ0) is 25.2. The van der Waals surface area contributed by atoms with Crippen molar-refractivity contribution in [3.8, 4) is 0 Å². The van der Waals surface area contributed by atoms with E-state index in [9.17, 15) is 9.59 Å². The number of fused-ring (bicyclic) bond motifs is 1. The number of benzene rings is 2. The molecule has 2 atom stereocenters. The third-order valence-electron chi connectivity index (χ3n) is 7.84. The van der Waals surface area contributed by atoms with E-state index in [2.05, 4.69) is 68.1 Å². The van der Waals surface area contributed by atoms with Gasteiger partial charge in [-0.3, -0.25) is 9.59 Å². The van der Waals surface area contributed by atoms with Crippen LogP contribution in [-0.2, 0) is 9.59 Å². The third kappa shape index (κ3) is 5.34. The number of anilines is 1. The molecule has 5 nitrogen and oxygen atoms in total. The lowest BCUT2D eigenvalue weighted by atomic mass is 9.93. The number of carbonyl (C=O) groups is 2. The number of aryl methyl sites for hydroxylation is 3. The summed E-state index contributed by atoms with van der Waals surface area (Å²) in [6.07, 6.45) is 6.44. The van der Waals surface area contributed by atoms with Crippen molar-refractivity contribution in [3.63, 3.8) is 0 Å². The minimum absolute atomic E-state index is 0.0195. The Morgan fingerprint density at radius 3 is 2.39 bits per heavy atom. The van der Waals surface area contributed by atoms with Crippen molar-refractivity contribution in [2.75, 3.05) is 37.6 Å². The van der Waals surface area contributed by atoms with Crippen LogP contribution in [0, 0.1) is 20.8 Å². The molecule has 2 saturated heterocycles. The van der Waals surface area contributed by atoms with Gasteiger partial charge in [-0.15, -0.1) is 11.8 Å². The van der Waals surface area contributed by atoms with Crippen LogP contribution >= 0.6 is 11.8 Å². The number of hydrogen-bond donors (Lipinski definition) is 0. The molecular weight excluding hydrogens is 466 g/mol. The van der Waals surface area contributed by atoms with Gasteiger partial charge in [-0.05, 0) is 62.4 Å². The van der Waals surface area contributed by atoms with Crippen molar-refractivity contribution in [3.05, 3.63) is 69.6 Å². The molecule has 0 bridgehead atoms. The average molecular weight is 504 g/mol. The number of amides is 2. The molecule has 2 aromatic carbocycles. The van der Waals surface area contributed by atoms with Crippen molar-refractivity contribution in [2.45, 2.75) is 57.7 Å². The SMILES string of the molecule is Cc1ccc(/C=C2/SC3CCCCC3N(CC(=O)N3CCN(c4cc(C)ccc4C)CC3)C2=O)cc1. The lowest BCUT2D eigenvalue weighted by molar-refractivity contribution is -0.140. The summed E-state index contributed by atoms with van der Waals surface area (Å²) >= 11 is 1.73. The number of hydrogen-bond acceptors (Lipinski definition) is 4. The Morgan fingerprint density at radius 2 is 1.64 bits per heavy atom. The Hall–Kier alpha value is -2.73. The van der Waals surface area contributed by atoms with Gasteiger partial charge in [0.2, 0.25) is 5.91 Å². The van der Waals surface area contributed by atoms with E-state index in [1.54, 1.807) is 11.8 Å². The molecule has 3 fully saturated rings. The molecule has 36 heavy (non-hydrogen) atoms. The summed E-state index contributed by atoms with van der Waals surface area (Å²) in [5.41, 5.74) is 6.04. The third-order valence-corrected chi connectivity index (χ3v) is 9.24. The van der Waals surface area contributed by atoms with Crippen LogP contribution < -0.4 is 4.90 Å². The fourth-order valence-electron chi connectivity index (χ4n) is 5.68. The van der Waals surface area contributed by atoms with E-state index in [0.717, 1.165) is 42.8 Å². The number of thioether (sulfide) groups is 1. The van der Waals surface area contributed by atoms with Gasteiger partial charge < -0.3 is 14.7 Å². The van der Waals surface area contributed by atoms with E-state index >= 15 is 0 Å². The van der Waals surface area contributed by atoms with Gasteiger partial charge in [0.1, 0.15) is 6.54 Å². The quantitative estimate of drug-likeness (QED) is 0.539. The van der Waals surface area contributed by atoms with Crippen LogP contribution in [0.4, 0.5) is 5.69 Å². The molecule has 0 N–H and O–H groups in total. The molecule has 3 aliphatic rings. The van der Waals surface area contributed by atoms with Crippen molar-refractivity contribution in [1.82, 2.24) is 9.80 Å². The zero-order valence-corrected chi connectivity index (χ0v) is 22.5. The first kappa shape index (κ1) is 24.9. The molecule has 2 aliphatic heterocycles. The smallest absolute Gasteiger partial charge is 0.261 e. The second-order valence-corrected chi connectivity index (χ2v) is 11.8. The highest BCUT2D eigenvalue weighted by Gasteiger charge is 2.41. The number of nitrogens with zero attached hydrogens (tertiary/aromatic N) is 3. The Labute approximate surface area is 219 Å². The predicted octanol–water partition coefficient (Wildman–Crippen LogP) is 5.19. The van der Waals surface area contributed by atoms with Crippen LogP contribution in [0.25, 0.3) is 6.08 Å². The largest absolute Gasteiger partial charge is 0.368 e. The molecule has 1 aliphatic carbocycles. The molecule has 0 aromatic heterocycles. The van der Waals surface area contributed by atoms with Gasteiger partial charge in [-0.2, -0.15) is 0 Å². The van der Waals surface area contributed by atoms with Crippen LogP contribution in [-0.4, -0.2) is 65.6 Å². The fourth-order valence-corrected chi connectivity index (χ4v) is 7.15. The summed E-state index contributed by atoms with van der Waals surface area (Å²) in [6, 6.07) is 15.0. The molecule has 190 valence electrons. The average Bonchev–Trinajstić information content (AvgIpc) is 2.89. The van der Waals surface area contributed by atoms with Crippen LogP contribution in [0.1, 0.15) is 47.9 Å². The highest BCUT2D eigenvalue weighted by molar-refractivity contribution is 8.04. The van der Waals surface area contributed by atoms with Crippen molar-refractivity contribution in [1.29, 1.82) is 0 Å². The van der Waals surface area contributed by atoms with Crippen molar-refractivity contribution < 1.29 is 9.59 Å². The number of carbonyl (C=O) groups excluding carboxylic acids is 2. The molecule has 0 radical (unpaired) electrons. The van der Waals surface area contributed by atoms with Gasteiger partial charge in [0.15, 0.2) is 0 Å². The summed E-state index contributed by atoms with van der Waals surface area (Å²) in [5.74, 6) is 0.0981. The maximum atomic E-state index is 13.6. The fraction of sp³-hybridized carbons (Fsp3) is 0.467. The van der Waals surface area contributed by atoms with Gasteiger partial charge in [0.25, 0.3) is 5.91 Å². The highest BCUT2D eigenvalue weighted by Crippen LogP contribution is 2.42. The maximum Gasteiger partial charge on any atom is 0.261 e.